The van der Waals surface area contributed by atoms with Crippen LogP contribution in [0.2, 0.25) is 0 Å². The second kappa shape index (κ2) is 7.64. The summed E-state index contributed by atoms with van der Waals surface area (Å²) in [7, 11) is 1.29. The highest BCUT2D eigenvalue weighted by Crippen LogP contribution is 2.32. The van der Waals surface area contributed by atoms with Crippen LogP contribution in [-0.2, 0) is 20.7 Å². The van der Waals surface area contributed by atoms with E-state index in [0.29, 0.717) is 24.0 Å². The lowest BCUT2D eigenvalue weighted by Crippen LogP contribution is -2.16. The van der Waals surface area contributed by atoms with Crippen LogP contribution in [0, 0.1) is 0 Å². The summed E-state index contributed by atoms with van der Waals surface area (Å²) in [6, 6.07) is 11.4. The van der Waals surface area contributed by atoms with Crippen molar-refractivity contribution in [2.75, 3.05) is 7.11 Å². The van der Waals surface area contributed by atoms with Gasteiger partial charge >= 0.3 is 5.97 Å². The summed E-state index contributed by atoms with van der Waals surface area (Å²) >= 11 is 0. The third-order valence-electron chi connectivity index (χ3n) is 3.75. The Kier molecular flexibility index (Phi) is 5.58. The van der Waals surface area contributed by atoms with Gasteiger partial charge in [0.25, 0.3) is 0 Å². The first kappa shape index (κ1) is 17.5. The van der Waals surface area contributed by atoms with Gasteiger partial charge in [-0.1, -0.05) is 24.3 Å². The molecule has 126 valence electrons. The number of Topliss-reactive ketones (excluding diaryl/α,β-unsaturated/α-hetero) is 1. The summed E-state index contributed by atoms with van der Waals surface area (Å²) in [6.45, 7) is 1.54. The fourth-order valence-corrected chi connectivity index (χ4v) is 2.62. The van der Waals surface area contributed by atoms with E-state index in [-0.39, 0.29) is 17.3 Å². The smallest absolute Gasteiger partial charge is 0.317 e. The Morgan fingerprint density at radius 2 is 1.71 bits per heavy atom. The molecule has 2 rings (SSSR count). The molecule has 0 aliphatic rings. The van der Waals surface area contributed by atoms with E-state index in [0.717, 1.165) is 5.56 Å². The number of methoxy groups -OCH3 is 1. The molecule has 1 atom stereocenters. The maximum Gasteiger partial charge on any atom is 0.317 e. The number of ketones is 1. The first-order valence-electron chi connectivity index (χ1n) is 7.59. The van der Waals surface area contributed by atoms with Gasteiger partial charge < -0.3 is 19.7 Å². The largest absolute Gasteiger partial charge is 0.508 e. The van der Waals surface area contributed by atoms with Crippen molar-refractivity contribution in [3.8, 4) is 11.5 Å². The van der Waals surface area contributed by atoms with Gasteiger partial charge in [-0.15, -0.1) is 0 Å². The van der Waals surface area contributed by atoms with Gasteiger partial charge in [0.1, 0.15) is 23.2 Å². The quantitative estimate of drug-likeness (QED) is 0.797. The molecule has 24 heavy (non-hydrogen) atoms. The molecule has 0 aliphatic heterocycles. The highest BCUT2D eigenvalue weighted by Gasteiger charge is 2.25. The zero-order valence-electron chi connectivity index (χ0n) is 13.7. The molecule has 0 fully saturated rings. The molecule has 0 amide bonds. The first-order chi connectivity index (χ1) is 11.4. The summed E-state index contributed by atoms with van der Waals surface area (Å²) < 4.78 is 4.88. The third kappa shape index (κ3) is 4.35. The SMILES string of the molecule is COC(=O)C(c1cc(O)cc(O)c1)c1cccc(CCC(C)=O)c1. The van der Waals surface area contributed by atoms with Crippen molar-refractivity contribution < 1.29 is 24.5 Å². The zero-order chi connectivity index (χ0) is 17.7. The number of carbonyl (C=O) groups excluding carboxylic acids is 2. The van der Waals surface area contributed by atoms with Crippen molar-refractivity contribution in [1.82, 2.24) is 0 Å². The average Bonchev–Trinajstić information content (AvgIpc) is 2.52. The minimum Gasteiger partial charge on any atom is -0.508 e. The summed E-state index contributed by atoms with van der Waals surface area (Å²) in [4.78, 5) is 23.4. The fourth-order valence-electron chi connectivity index (χ4n) is 2.62. The van der Waals surface area contributed by atoms with Crippen LogP contribution in [0.3, 0.4) is 0 Å². The van der Waals surface area contributed by atoms with Gasteiger partial charge in [-0.3, -0.25) is 4.79 Å². The molecular formula is C19H20O5. The number of aryl methyl sites for hydroxylation is 1. The van der Waals surface area contributed by atoms with Gasteiger partial charge in [-0.05, 0) is 42.2 Å². The van der Waals surface area contributed by atoms with E-state index in [1.54, 1.807) is 6.07 Å². The number of ether oxygens (including phenoxy) is 1. The lowest BCUT2D eigenvalue weighted by Gasteiger charge is -2.17. The molecule has 0 heterocycles. The summed E-state index contributed by atoms with van der Waals surface area (Å²) in [6.07, 6.45) is 1.02. The molecule has 0 saturated heterocycles. The number of rotatable bonds is 6. The Hall–Kier alpha value is -2.82. The zero-order valence-corrected chi connectivity index (χ0v) is 13.7. The van der Waals surface area contributed by atoms with E-state index in [2.05, 4.69) is 0 Å². The number of aromatic hydroxyl groups is 2. The molecule has 0 spiro atoms. The second-order valence-electron chi connectivity index (χ2n) is 5.69. The van der Waals surface area contributed by atoms with E-state index in [1.807, 2.05) is 18.2 Å². The first-order valence-corrected chi connectivity index (χ1v) is 7.59. The number of esters is 1. The van der Waals surface area contributed by atoms with Crippen LogP contribution in [0.4, 0.5) is 0 Å². The van der Waals surface area contributed by atoms with E-state index in [1.165, 1.54) is 32.2 Å². The average molecular weight is 328 g/mol. The van der Waals surface area contributed by atoms with Crippen LogP contribution in [-0.4, -0.2) is 29.1 Å². The number of benzene rings is 2. The molecule has 1 unspecified atom stereocenters. The molecule has 0 aromatic heterocycles. The highest BCUT2D eigenvalue weighted by molar-refractivity contribution is 5.82. The van der Waals surface area contributed by atoms with Crippen molar-refractivity contribution in [2.24, 2.45) is 0 Å². The van der Waals surface area contributed by atoms with Crippen molar-refractivity contribution in [1.29, 1.82) is 0 Å². The summed E-state index contributed by atoms with van der Waals surface area (Å²) in [5.41, 5.74) is 2.04. The number of phenols is 2. The van der Waals surface area contributed by atoms with Crippen LogP contribution in [0.5, 0.6) is 11.5 Å². The molecule has 0 saturated carbocycles. The van der Waals surface area contributed by atoms with Crippen LogP contribution < -0.4 is 0 Å². The number of hydrogen-bond donors (Lipinski definition) is 2. The van der Waals surface area contributed by atoms with Crippen molar-refractivity contribution in [3.63, 3.8) is 0 Å². The van der Waals surface area contributed by atoms with Crippen LogP contribution in [0.1, 0.15) is 36.0 Å². The van der Waals surface area contributed by atoms with E-state index < -0.39 is 11.9 Å². The summed E-state index contributed by atoms with van der Waals surface area (Å²) in [5, 5.41) is 19.4. The molecule has 2 N–H and O–H groups in total. The van der Waals surface area contributed by atoms with Crippen LogP contribution in [0.25, 0.3) is 0 Å². The lowest BCUT2D eigenvalue weighted by molar-refractivity contribution is -0.141. The third-order valence-corrected chi connectivity index (χ3v) is 3.75. The lowest BCUT2D eigenvalue weighted by atomic mass is 9.89. The number of phenolic OH excluding ortho intramolecular Hbond substituents is 2. The van der Waals surface area contributed by atoms with Gasteiger partial charge in [0.2, 0.25) is 0 Å². The number of hydrogen-bond acceptors (Lipinski definition) is 5. The second-order valence-corrected chi connectivity index (χ2v) is 5.69. The van der Waals surface area contributed by atoms with Gasteiger partial charge in [-0.25, -0.2) is 0 Å². The molecule has 2 aromatic rings. The number of carbonyl (C=O) groups is 2. The minimum atomic E-state index is -0.773. The molecule has 2 aromatic carbocycles. The van der Waals surface area contributed by atoms with Crippen molar-refractivity contribution >= 4 is 11.8 Å². The summed E-state index contributed by atoms with van der Waals surface area (Å²) in [5.74, 6) is -1.44. The Morgan fingerprint density at radius 1 is 1.04 bits per heavy atom. The van der Waals surface area contributed by atoms with E-state index in [9.17, 15) is 19.8 Å². The predicted octanol–water partition coefficient (Wildman–Crippen LogP) is 2.92. The van der Waals surface area contributed by atoms with Crippen LogP contribution >= 0.6 is 0 Å². The Balaban J connectivity index is 2.43. The Labute approximate surface area is 140 Å². The normalized spacial score (nSPS) is 11.8. The Bertz CT molecular complexity index is 731. The van der Waals surface area contributed by atoms with Gasteiger partial charge in [0, 0.05) is 12.5 Å². The van der Waals surface area contributed by atoms with Crippen LogP contribution in [0.15, 0.2) is 42.5 Å². The Morgan fingerprint density at radius 3 is 2.29 bits per heavy atom. The molecule has 5 nitrogen and oxygen atoms in total. The fraction of sp³-hybridized carbons (Fsp3) is 0.263. The topological polar surface area (TPSA) is 83.8 Å². The monoisotopic (exact) mass is 328 g/mol. The van der Waals surface area contributed by atoms with E-state index >= 15 is 0 Å². The van der Waals surface area contributed by atoms with Crippen molar-refractivity contribution in [2.45, 2.75) is 25.7 Å². The van der Waals surface area contributed by atoms with Gasteiger partial charge in [-0.2, -0.15) is 0 Å². The predicted molar refractivity (Wildman–Crippen MR) is 89.1 cm³/mol. The van der Waals surface area contributed by atoms with Gasteiger partial charge in [0.05, 0.1) is 7.11 Å². The maximum absolute atomic E-state index is 12.3. The molecule has 0 radical (unpaired) electrons. The highest BCUT2D eigenvalue weighted by atomic mass is 16.5. The molecule has 0 aliphatic carbocycles. The standard InChI is InChI=1S/C19H20O5/c1-12(20)6-7-13-4-3-5-14(8-13)18(19(23)24-2)15-9-16(21)11-17(22)10-15/h3-5,8-11,18,21-22H,6-7H2,1-2H3. The minimum absolute atomic E-state index is 0.0998. The maximum atomic E-state index is 12.3. The molecular weight excluding hydrogens is 308 g/mol. The molecule has 0 bridgehead atoms. The van der Waals surface area contributed by atoms with E-state index in [4.69, 9.17) is 4.74 Å². The van der Waals surface area contributed by atoms with Gasteiger partial charge in [0.15, 0.2) is 0 Å². The molecule has 5 heteroatoms. The van der Waals surface area contributed by atoms with Crippen molar-refractivity contribution in [3.05, 3.63) is 59.2 Å².